The fourth-order valence-electron chi connectivity index (χ4n) is 2.50. The SMILES string of the molecule is CCCN(C)CC(=O)N1Cc2ccc(C(=O)O)cc2C1. The number of carboxylic acid groups (broad SMARTS) is 1. The molecule has 108 valence electrons. The number of nitrogens with zero attached hydrogens (tertiary/aromatic N) is 2. The van der Waals surface area contributed by atoms with E-state index in [1.54, 1.807) is 17.0 Å². The molecule has 0 saturated heterocycles. The molecule has 1 amide bonds. The van der Waals surface area contributed by atoms with Gasteiger partial charge in [-0.1, -0.05) is 13.0 Å². The van der Waals surface area contributed by atoms with Crippen LogP contribution in [-0.4, -0.2) is 46.9 Å². The second kappa shape index (κ2) is 6.05. The molecule has 1 aromatic carbocycles. The molecule has 0 unspecified atom stereocenters. The van der Waals surface area contributed by atoms with E-state index in [1.807, 2.05) is 18.0 Å². The topological polar surface area (TPSA) is 60.9 Å². The first-order valence-corrected chi connectivity index (χ1v) is 6.82. The molecule has 0 spiro atoms. The second-order valence-electron chi connectivity index (χ2n) is 5.28. The van der Waals surface area contributed by atoms with Crippen molar-refractivity contribution in [3.63, 3.8) is 0 Å². The molecule has 0 aromatic heterocycles. The van der Waals surface area contributed by atoms with Crippen molar-refractivity contribution < 1.29 is 14.7 Å². The summed E-state index contributed by atoms with van der Waals surface area (Å²) in [7, 11) is 1.94. The summed E-state index contributed by atoms with van der Waals surface area (Å²) >= 11 is 0. The lowest BCUT2D eigenvalue weighted by Gasteiger charge is -2.20. The van der Waals surface area contributed by atoms with Crippen LogP contribution in [0.3, 0.4) is 0 Å². The van der Waals surface area contributed by atoms with Crippen LogP contribution in [0.5, 0.6) is 0 Å². The van der Waals surface area contributed by atoms with Crippen molar-refractivity contribution in [1.82, 2.24) is 9.80 Å². The number of aromatic carboxylic acids is 1. The molecule has 1 N–H and O–H groups in total. The molecule has 0 atom stereocenters. The first-order valence-electron chi connectivity index (χ1n) is 6.82. The van der Waals surface area contributed by atoms with Gasteiger partial charge in [0.05, 0.1) is 12.1 Å². The summed E-state index contributed by atoms with van der Waals surface area (Å²) in [5, 5.41) is 8.98. The number of carboxylic acids is 1. The van der Waals surface area contributed by atoms with Gasteiger partial charge in [-0.3, -0.25) is 9.69 Å². The molecule has 1 heterocycles. The maximum Gasteiger partial charge on any atom is 0.335 e. The van der Waals surface area contributed by atoms with Crippen molar-refractivity contribution >= 4 is 11.9 Å². The van der Waals surface area contributed by atoms with Crippen LogP contribution in [0, 0.1) is 0 Å². The number of benzene rings is 1. The first kappa shape index (κ1) is 14.5. The summed E-state index contributed by atoms with van der Waals surface area (Å²) in [5.41, 5.74) is 2.26. The monoisotopic (exact) mass is 276 g/mol. The molecular weight excluding hydrogens is 256 g/mol. The number of fused-ring (bicyclic) bond motifs is 1. The van der Waals surface area contributed by atoms with Crippen molar-refractivity contribution in [2.24, 2.45) is 0 Å². The molecule has 20 heavy (non-hydrogen) atoms. The number of amides is 1. The van der Waals surface area contributed by atoms with E-state index in [4.69, 9.17) is 5.11 Å². The molecule has 1 aromatic rings. The van der Waals surface area contributed by atoms with Crippen molar-refractivity contribution in [2.75, 3.05) is 20.1 Å². The minimum atomic E-state index is -0.930. The average Bonchev–Trinajstić information content (AvgIpc) is 2.81. The predicted molar refractivity (Wildman–Crippen MR) is 75.4 cm³/mol. The minimum absolute atomic E-state index is 0.0917. The van der Waals surface area contributed by atoms with Gasteiger partial charge in [-0.05, 0) is 43.3 Å². The lowest BCUT2D eigenvalue weighted by Crippen LogP contribution is -2.36. The molecule has 5 heteroatoms. The van der Waals surface area contributed by atoms with E-state index < -0.39 is 5.97 Å². The summed E-state index contributed by atoms with van der Waals surface area (Å²) in [4.78, 5) is 26.9. The highest BCUT2D eigenvalue weighted by molar-refractivity contribution is 5.88. The van der Waals surface area contributed by atoms with Crippen LogP contribution in [0.4, 0.5) is 0 Å². The van der Waals surface area contributed by atoms with Gasteiger partial charge in [0.1, 0.15) is 0 Å². The van der Waals surface area contributed by atoms with Gasteiger partial charge in [-0.2, -0.15) is 0 Å². The van der Waals surface area contributed by atoms with Gasteiger partial charge in [0.2, 0.25) is 5.91 Å². The summed E-state index contributed by atoms with van der Waals surface area (Å²) < 4.78 is 0. The second-order valence-corrected chi connectivity index (χ2v) is 5.28. The Morgan fingerprint density at radius 3 is 2.65 bits per heavy atom. The predicted octanol–water partition coefficient (Wildman–Crippen LogP) is 1.57. The van der Waals surface area contributed by atoms with Crippen LogP contribution in [0.2, 0.25) is 0 Å². The maximum atomic E-state index is 12.2. The van der Waals surface area contributed by atoms with E-state index >= 15 is 0 Å². The fourth-order valence-corrected chi connectivity index (χ4v) is 2.50. The maximum absolute atomic E-state index is 12.2. The highest BCUT2D eigenvalue weighted by Gasteiger charge is 2.24. The van der Waals surface area contributed by atoms with Crippen LogP contribution in [0.1, 0.15) is 34.8 Å². The molecule has 0 fully saturated rings. The third kappa shape index (κ3) is 3.17. The van der Waals surface area contributed by atoms with Crippen LogP contribution in [-0.2, 0) is 17.9 Å². The van der Waals surface area contributed by atoms with Crippen LogP contribution in [0.25, 0.3) is 0 Å². The highest BCUT2D eigenvalue weighted by Crippen LogP contribution is 2.24. The normalized spacial score (nSPS) is 13.7. The van der Waals surface area contributed by atoms with Crippen molar-refractivity contribution in [1.29, 1.82) is 0 Å². The third-order valence-electron chi connectivity index (χ3n) is 3.54. The summed E-state index contributed by atoms with van der Waals surface area (Å²) in [6.45, 7) is 4.48. The van der Waals surface area contributed by atoms with Crippen LogP contribution < -0.4 is 0 Å². The molecule has 1 aliphatic rings. The van der Waals surface area contributed by atoms with Crippen molar-refractivity contribution in [3.05, 3.63) is 34.9 Å². The lowest BCUT2D eigenvalue weighted by molar-refractivity contribution is -0.132. The van der Waals surface area contributed by atoms with E-state index in [0.29, 0.717) is 19.6 Å². The lowest BCUT2D eigenvalue weighted by atomic mass is 10.1. The zero-order valence-electron chi connectivity index (χ0n) is 11.9. The molecular formula is C15H20N2O3. The van der Waals surface area contributed by atoms with Crippen LogP contribution in [0.15, 0.2) is 18.2 Å². The van der Waals surface area contributed by atoms with E-state index in [-0.39, 0.29) is 11.5 Å². The molecule has 0 radical (unpaired) electrons. The Hall–Kier alpha value is -1.88. The number of rotatable bonds is 5. The van der Waals surface area contributed by atoms with E-state index in [2.05, 4.69) is 6.92 Å². The van der Waals surface area contributed by atoms with Crippen molar-refractivity contribution in [2.45, 2.75) is 26.4 Å². The van der Waals surface area contributed by atoms with Gasteiger partial charge in [-0.25, -0.2) is 4.79 Å². The summed E-state index contributed by atoms with van der Waals surface area (Å²) in [6, 6.07) is 5.07. The van der Waals surface area contributed by atoms with Crippen LogP contribution >= 0.6 is 0 Å². The van der Waals surface area contributed by atoms with Gasteiger partial charge in [0.15, 0.2) is 0 Å². The van der Waals surface area contributed by atoms with Gasteiger partial charge in [0, 0.05) is 13.1 Å². The Kier molecular flexibility index (Phi) is 4.39. The first-order chi connectivity index (χ1) is 9.51. The molecule has 1 aliphatic heterocycles. The Labute approximate surface area is 118 Å². The largest absolute Gasteiger partial charge is 0.478 e. The molecule has 0 aliphatic carbocycles. The smallest absolute Gasteiger partial charge is 0.335 e. The third-order valence-corrected chi connectivity index (χ3v) is 3.54. The number of likely N-dealkylation sites (N-methyl/N-ethyl adjacent to an activating group) is 1. The summed E-state index contributed by atoms with van der Waals surface area (Å²) in [6.07, 6.45) is 1.02. The van der Waals surface area contributed by atoms with Gasteiger partial charge < -0.3 is 10.0 Å². The van der Waals surface area contributed by atoms with E-state index in [9.17, 15) is 9.59 Å². The Bertz CT molecular complexity index is 528. The molecule has 5 nitrogen and oxygen atoms in total. The summed E-state index contributed by atoms with van der Waals surface area (Å²) in [5.74, 6) is -0.839. The Morgan fingerprint density at radius 2 is 2.00 bits per heavy atom. The number of carbonyl (C=O) groups is 2. The van der Waals surface area contributed by atoms with E-state index in [1.165, 1.54) is 0 Å². The number of hydrogen-bond donors (Lipinski definition) is 1. The Balaban J connectivity index is 2.02. The van der Waals surface area contributed by atoms with Gasteiger partial charge in [-0.15, -0.1) is 0 Å². The standard InChI is InChI=1S/C15H20N2O3/c1-3-6-16(2)10-14(18)17-8-12-5-4-11(15(19)20)7-13(12)9-17/h4-5,7H,3,6,8-10H2,1-2H3,(H,19,20). The molecule has 0 bridgehead atoms. The molecule has 2 rings (SSSR count). The Morgan fingerprint density at radius 1 is 1.30 bits per heavy atom. The molecule has 0 saturated carbocycles. The average molecular weight is 276 g/mol. The highest BCUT2D eigenvalue weighted by atomic mass is 16.4. The number of hydrogen-bond acceptors (Lipinski definition) is 3. The fraction of sp³-hybridized carbons (Fsp3) is 0.467. The van der Waals surface area contributed by atoms with Crippen molar-refractivity contribution in [3.8, 4) is 0 Å². The van der Waals surface area contributed by atoms with Gasteiger partial charge >= 0.3 is 5.97 Å². The van der Waals surface area contributed by atoms with Gasteiger partial charge in [0.25, 0.3) is 0 Å². The zero-order chi connectivity index (χ0) is 14.7. The quantitative estimate of drug-likeness (QED) is 0.886. The van der Waals surface area contributed by atoms with E-state index in [0.717, 1.165) is 24.1 Å². The minimum Gasteiger partial charge on any atom is -0.478 e. The zero-order valence-corrected chi connectivity index (χ0v) is 11.9. The number of carbonyl (C=O) groups excluding carboxylic acids is 1.